The molecule has 0 atom stereocenters. The second-order valence-corrected chi connectivity index (χ2v) is 5.89. The maximum absolute atomic E-state index is 11.9. The molecule has 5 heteroatoms. The first-order chi connectivity index (χ1) is 9.72. The number of hydrogen-bond acceptors (Lipinski definition) is 4. The summed E-state index contributed by atoms with van der Waals surface area (Å²) < 4.78 is 10.6. The van der Waals surface area contributed by atoms with Gasteiger partial charge in [0.25, 0.3) is 5.91 Å². The maximum Gasteiger partial charge on any atom is 0.261 e. The topological polar surface area (TPSA) is 47.6 Å². The highest BCUT2D eigenvalue weighted by molar-refractivity contribution is 7.13. The van der Waals surface area contributed by atoms with Crippen LogP contribution in [0.1, 0.15) is 20.1 Å². The smallest absolute Gasteiger partial charge is 0.261 e. The number of rotatable bonds is 4. The van der Waals surface area contributed by atoms with Crippen molar-refractivity contribution in [3.63, 3.8) is 0 Å². The quantitative estimate of drug-likeness (QED) is 0.941. The van der Waals surface area contributed by atoms with E-state index in [0.717, 1.165) is 33.2 Å². The van der Waals surface area contributed by atoms with Crippen LogP contribution in [0, 0.1) is 6.92 Å². The second-order valence-electron chi connectivity index (χ2n) is 4.60. The van der Waals surface area contributed by atoms with Crippen LogP contribution in [0.25, 0.3) is 0 Å². The van der Waals surface area contributed by atoms with E-state index in [9.17, 15) is 4.79 Å². The summed E-state index contributed by atoms with van der Waals surface area (Å²) in [5.41, 5.74) is 1.12. The SMILES string of the molecule is Cc1ccc(C(=O)NCCc2ccc3c(c2)OCO3)s1. The molecule has 0 aliphatic carbocycles. The Balaban J connectivity index is 1.54. The summed E-state index contributed by atoms with van der Waals surface area (Å²) in [4.78, 5) is 13.8. The number of amides is 1. The molecule has 0 saturated heterocycles. The third kappa shape index (κ3) is 2.77. The molecule has 3 rings (SSSR count). The highest BCUT2D eigenvalue weighted by Crippen LogP contribution is 2.32. The lowest BCUT2D eigenvalue weighted by Gasteiger charge is -2.05. The number of aryl methyl sites for hydroxylation is 1. The van der Waals surface area contributed by atoms with Gasteiger partial charge in [-0.1, -0.05) is 6.07 Å². The van der Waals surface area contributed by atoms with E-state index in [-0.39, 0.29) is 12.7 Å². The van der Waals surface area contributed by atoms with E-state index >= 15 is 0 Å². The fraction of sp³-hybridized carbons (Fsp3) is 0.267. The molecule has 2 heterocycles. The monoisotopic (exact) mass is 289 g/mol. The van der Waals surface area contributed by atoms with Crippen molar-refractivity contribution < 1.29 is 14.3 Å². The van der Waals surface area contributed by atoms with Gasteiger partial charge in [-0.25, -0.2) is 0 Å². The summed E-state index contributed by atoms with van der Waals surface area (Å²) in [6, 6.07) is 9.67. The molecule has 20 heavy (non-hydrogen) atoms. The van der Waals surface area contributed by atoms with Crippen LogP contribution in [-0.4, -0.2) is 19.2 Å². The molecule has 4 nitrogen and oxygen atoms in total. The van der Waals surface area contributed by atoms with Gasteiger partial charge in [0.15, 0.2) is 11.5 Å². The lowest BCUT2D eigenvalue weighted by molar-refractivity contribution is 0.0958. The first-order valence-corrected chi connectivity index (χ1v) is 7.27. The molecule has 1 aliphatic rings. The van der Waals surface area contributed by atoms with Gasteiger partial charge in [-0.3, -0.25) is 4.79 Å². The Morgan fingerprint density at radius 1 is 1.25 bits per heavy atom. The van der Waals surface area contributed by atoms with Crippen molar-refractivity contribution in [2.45, 2.75) is 13.3 Å². The van der Waals surface area contributed by atoms with Crippen molar-refractivity contribution in [2.75, 3.05) is 13.3 Å². The summed E-state index contributed by atoms with van der Waals surface area (Å²) in [6.45, 7) is 2.89. The van der Waals surface area contributed by atoms with Crippen LogP contribution in [-0.2, 0) is 6.42 Å². The molecule has 104 valence electrons. The number of benzene rings is 1. The van der Waals surface area contributed by atoms with Gasteiger partial charge in [0.05, 0.1) is 4.88 Å². The van der Waals surface area contributed by atoms with Crippen molar-refractivity contribution in [3.05, 3.63) is 45.6 Å². The zero-order valence-electron chi connectivity index (χ0n) is 11.1. The van der Waals surface area contributed by atoms with Crippen LogP contribution >= 0.6 is 11.3 Å². The number of hydrogen-bond donors (Lipinski definition) is 1. The number of ether oxygens (including phenoxy) is 2. The first-order valence-electron chi connectivity index (χ1n) is 6.45. The van der Waals surface area contributed by atoms with Crippen LogP contribution in [0.15, 0.2) is 30.3 Å². The van der Waals surface area contributed by atoms with Crippen LogP contribution in [0.4, 0.5) is 0 Å². The van der Waals surface area contributed by atoms with Gasteiger partial charge in [-0.2, -0.15) is 0 Å². The van der Waals surface area contributed by atoms with Crippen LogP contribution in [0.3, 0.4) is 0 Å². The molecule has 1 amide bonds. The number of carbonyl (C=O) groups is 1. The number of fused-ring (bicyclic) bond motifs is 1. The fourth-order valence-corrected chi connectivity index (χ4v) is 2.84. The number of nitrogens with one attached hydrogen (secondary N) is 1. The molecule has 0 saturated carbocycles. The van der Waals surface area contributed by atoms with Crippen LogP contribution in [0.2, 0.25) is 0 Å². The predicted octanol–water partition coefficient (Wildman–Crippen LogP) is 2.76. The van der Waals surface area contributed by atoms with Gasteiger partial charge < -0.3 is 14.8 Å². The van der Waals surface area contributed by atoms with E-state index in [1.165, 1.54) is 11.3 Å². The molecule has 1 aromatic heterocycles. The van der Waals surface area contributed by atoms with Crippen molar-refractivity contribution in [3.8, 4) is 11.5 Å². The van der Waals surface area contributed by atoms with E-state index in [1.807, 2.05) is 37.3 Å². The zero-order chi connectivity index (χ0) is 13.9. The van der Waals surface area contributed by atoms with Gasteiger partial charge in [-0.15, -0.1) is 11.3 Å². The Kier molecular flexibility index (Phi) is 3.60. The van der Waals surface area contributed by atoms with Crippen molar-refractivity contribution in [1.29, 1.82) is 0 Å². The molecule has 0 unspecified atom stereocenters. The van der Waals surface area contributed by atoms with E-state index in [1.54, 1.807) is 0 Å². The highest BCUT2D eigenvalue weighted by Gasteiger charge is 2.13. The predicted molar refractivity (Wildman–Crippen MR) is 77.7 cm³/mol. The highest BCUT2D eigenvalue weighted by atomic mass is 32.1. The van der Waals surface area contributed by atoms with Crippen molar-refractivity contribution in [2.24, 2.45) is 0 Å². The van der Waals surface area contributed by atoms with Gasteiger partial charge in [0.1, 0.15) is 0 Å². The largest absolute Gasteiger partial charge is 0.454 e. The number of carbonyl (C=O) groups excluding carboxylic acids is 1. The van der Waals surface area contributed by atoms with E-state index in [2.05, 4.69) is 5.32 Å². The normalized spacial score (nSPS) is 12.4. The molecular formula is C15H15NO3S. The Labute approximate surface area is 121 Å². The molecular weight excluding hydrogens is 274 g/mol. The van der Waals surface area contributed by atoms with E-state index < -0.39 is 0 Å². The summed E-state index contributed by atoms with van der Waals surface area (Å²) in [5.74, 6) is 1.55. The van der Waals surface area contributed by atoms with Crippen LogP contribution < -0.4 is 14.8 Å². The minimum Gasteiger partial charge on any atom is -0.454 e. The fourth-order valence-electron chi connectivity index (χ4n) is 2.06. The lowest BCUT2D eigenvalue weighted by Crippen LogP contribution is -2.24. The molecule has 0 spiro atoms. The molecule has 0 bridgehead atoms. The van der Waals surface area contributed by atoms with Gasteiger partial charge in [0.2, 0.25) is 6.79 Å². The molecule has 1 N–H and O–H groups in total. The third-order valence-corrected chi connectivity index (χ3v) is 4.10. The van der Waals surface area contributed by atoms with Crippen molar-refractivity contribution in [1.82, 2.24) is 5.32 Å². The van der Waals surface area contributed by atoms with Gasteiger partial charge in [-0.05, 0) is 43.2 Å². The third-order valence-electron chi connectivity index (χ3n) is 3.10. The standard InChI is InChI=1S/C15H15NO3S/c1-10-2-5-14(20-10)15(17)16-7-6-11-3-4-12-13(8-11)19-9-18-12/h2-5,8H,6-7,9H2,1H3,(H,16,17). The first kappa shape index (κ1) is 13.0. The van der Waals surface area contributed by atoms with Gasteiger partial charge >= 0.3 is 0 Å². The molecule has 0 fully saturated rings. The van der Waals surface area contributed by atoms with E-state index in [4.69, 9.17) is 9.47 Å². The average Bonchev–Trinajstić information content (AvgIpc) is 3.06. The summed E-state index contributed by atoms with van der Waals surface area (Å²) in [7, 11) is 0. The Bertz CT molecular complexity index is 636. The summed E-state index contributed by atoms with van der Waals surface area (Å²) >= 11 is 1.51. The van der Waals surface area contributed by atoms with E-state index in [0.29, 0.717) is 6.54 Å². The maximum atomic E-state index is 11.9. The Hall–Kier alpha value is -2.01. The molecule has 0 radical (unpaired) electrons. The molecule has 2 aromatic rings. The zero-order valence-corrected chi connectivity index (χ0v) is 12.0. The summed E-state index contributed by atoms with van der Waals surface area (Å²) in [6.07, 6.45) is 0.771. The van der Waals surface area contributed by atoms with Crippen LogP contribution in [0.5, 0.6) is 11.5 Å². The minimum atomic E-state index is -0.0103. The Morgan fingerprint density at radius 2 is 2.10 bits per heavy atom. The van der Waals surface area contributed by atoms with Gasteiger partial charge in [0, 0.05) is 11.4 Å². The average molecular weight is 289 g/mol. The molecule has 1 aromatic carbocycles. The summed E-state index contributed by atoms with van der Waals surface area (Å²) in [5, 5.41) is 2.93. The van der Waals surface area contributed by atoms with Crippen molar-refractivity contribution >= 4 is 17.2 Å². The number of thiophene rings is 1. The molecule has 1 aliphatic heterocycles. The lowest BCUT2D eigenvalue weighted by atomic mass is 10.1. The second kappa shape index (κ2) is 5.54. The minimum absolute atomic E-state index is 0.0103. The Morgan fingerprint density at radius 3 is 2.90 bits per heavy atom.